The zero-order valence-corrected chi connectivity index (χ0v) is 17.6. The molecule has 1 saturated heterocycles. The summed E-state index contributed by atoms with van der Waals surface area (Å²) in [7, 11) is 0. The van der Waals surface area contributed by atoms with Crippen LogP contribution in [0.5, 0.6) is 5.75 Å². The molecule has 3 atom stereocenters. The molecular formula is C22H32ClN3O3. The van der Waals surface area contributed by atoms with Crippen LogP contribution in [0.2, 0.25) is 0 Å². The maximum Gasteiger partial charge on any atom is 0.224 e. The highest BCUT2D eigenvalue weighted by molar-refractivity contribution is 5.85. The summed E-state index contributed by atoms with van der Waals surface area (Å²) in [6, 6.07) is 9.78. The third-order valence-corrected chi connectivity index (χ3v) is 6.72. The number of fused-ring (bicyclic) bond motifs is 2. The monoisotopic (exact) mass is 421 g/mol. The first-order valence-electron chi connectivity index (χ1n) is 10.6. The van der Waals surface area contributed by atoms with Crippen molar-refractivity contribution in [3.63, 3.8) is 0 Å². The Morgan fingerprint density at radius 1 is 1.17 bits per heavy atom. The van der Waals surface area contributed by atoms with Crippen LogP contribution in [-0.4, -0.2) is 48.5 Å². The van der Waals surface area contributed by atoms with Gasteiger partial charge in [-0.2, -0.15) is 0 Å². The smallest absolute Gasteiger partial charge is 0.224 e. The number of ether oxygens (including phenoxy) is 1. The lowest BCUT2D eigenvalue weighted by atomic mass is 9.65. The Labute approximate surface area is 178 Å². The van der Waals surface area contributed by atoms with Crippen molar-refractivity contribution in [3.05, 3.63) is 30.3 Å². The molecule has 1 heterocycles. The quantitative estimate of drug-likeness (QED) is 0.738. The molecule has 29 heavy (non-hydrogen) atoms. The first kappa shape index (κ1) is 21.9. The number of amides is 2. The molecule has 2 amide bonds. The number of nitrogens with two attached hydrogens (primary N) is 1. The van der Waals surface area contributed by atoms with Crippen molar-refractivity contribution >= 4 is 24.2 Å². The molecule has 0 radical (unpaired) electrons. The topological polar surface area (TPSA) is 84.7 Å². The van der Waals surface area contributed by atoms with E-state index < -0.39 is 0 Å². The van der Waals surface area contributed by atoms with E-state index in [1.54, 1.807) is 4.90 Å². The van der Waals surface area contributed by atoms with Crippen LogP contribution in [0.25, 0.3) is 0 Å². The van der Waals surface area contributed by atoms with Gasteiger partial charge in [0.05, 0.1) is 12.6 Å². The molecule has 2 bridgehead atoms. The van der Waals surface area contributed by atoms with Gasteiger partial charge < -0.3 is 20.7 Å². The second-order valence-corrected chi connectivity index (χ2v) is 8.61. The molecule has 1 aliphatic heterocycles. The van der Waals surface area contributed by atoms with Crippen LogP contribution in [0, 0.1) is 17.8 Å². The highest BCUT2D eigenvalue weighted by Gasteiger charge is 2.41. The van der Waals surface area contributed by atoms with Gasteiger partial charge in [-0.25, -0.2) is 0 Å². The van der Waals surface area contributed by atoms with E-state index in [9.17, 15) is 9.59 Å². The average Bonchev–Trinajstić information content (AvgIpc) is 3.01. The first-order valence-corrected chi connectivity index (χ1v) is 10.6. The van der Waals surface area contributed by atoms with Gasteiger partial charge in [-0.15, -0.1) is 12.4 Å². The molecule has 3 fully saturated rings. The number of benzene rings is 1. The Bertz CT molecular complexity index is 688. The van der Waals surface area contributed by atoms with E-state index in [1.165, 1.54) is 6.42 Å². The molecule has 7 heteroatoms. The third kappa shape index (κ3) is 5.23. The van der Waals surface area contributed by atoms with Gasteiger partial charge in [-0.05, 0) is 49.7 Å². The number of nitrogens with zero attached hydrogens (tertiary/aromatic N) is 1. The summed E-state index contributed by atoms with van der Waals surface area (Å²) in [4.78, 5) is 26.9. The lowest BCUT2D eigenvalue weighted by molar-refractivity contribution is -0.128. The molecule has 3 unspecified atom stereocenters. The fourth-order valence-electron chi connectivity index (χ4n) is 5.20. The Morgan fingerprint density at radius 3 is 2.55 bits per heavy atom. The van der Waals surface area contributed by atoms with Gasteiger partial charge >= 0.3 is 0 Å². The highest BCUT2D eigenvalue weighted by atomic mass is 35.5. The van der Waals surface area contributed by atoms with Gasteiger partial charge in [0.15, 0.2) is 0 Å². The Balaban J connectivity index is 0.00000240. The number of halogens is 1. The minimum absolute atomic E-state index is 0. The van der Waals surface area contributed by atoms with Gasteiger partial charge in [0, 0.05) is 24.9 Å². The van der Waals surface area contributed by atoms with Crippen molar-refractivity contribution in [1.82, 2.24) is 10.2 Å². The zero-order chi connectivity index (χ0) is 19.5. The maximum absolute atomic E-state index is 12.8. The van der Waals surface area contributed by atoms with Crippen molar-refractivity contribution in [3.8, 4) is 5.75 Å². The summed E-state index contributed by atoms with van der Waals surface area (Å²) in [5.41, 5.74) is 6.34. The van der Waals surface area contributed by atoms with Crippen molar-refractivity contribution < 1.29 is 14.3 Å². The van der Waals surface area contributed by atoms with Gasteiger partial charge in [0.2, 0.25) is 11.8 Å². The van der Waals surface area contributed by atoms with Crippen molar-refractivity contribution in [2.45, 2.75) is 50.6 Å². The maximum atomic E-state index is 12.8. The summed E-state index contributed by atoms with van der Waals surface area (Å²) < 4.78 is 5.69. The van der Waals surface area contributed by atoms with E-state index in [0.717, 1.165) is 31.4 Å². The number of likely N-dealkylation sites (tertiary alicyclic amines) is 1. The summed E-state index contributed by atoms with van der Waals surface area (Å²) in [6.07, 6.45) is 5.74. The molecule has 0 spiro atoms. The lowest BCUT2D eigenvalue weighted by Crippen LogP contribution is -2.50. The second kappa shape index (κ2) is 9.81. The molecule has 3 N–H and O–H groups in total. The predicted molar refractivity (Wildman–Crippen MR) is 114 cm³/mol. The van der Waals surface area contributed by atoms with Crippen molar-refractivity contribution in [1.29, 1.82) is 0 Å². The zero-order valence-electron chi connectivity index (χ0n) is 16.8. The number of hydrogen-bond acceptors (Lipinski definition) is 4. The average molecular weight is 422 g/mol. The molecule has 1 aromatic rings. The summed E-state index contributed by atoms with van der Waals surface area (Å²) in [6.45, 7) is 1.57. The van der Waals surface area contributed by atoms with Gasteiger partial charge in [-0.1, -0.05) is 24.6 Å². The number of rotatable bonds is 6. The minimum Gasteiger partial charge on any atom is -0.492 e. The number of para-hydroxylation sites is 1. The van der Waals surface area contributed by atoms with E-state index >= 15 is 0 Å². The molecular weight excluding hydrogens is 390 g/mol. The molecule has 1 aromatic carbocycles. The predicted octanol–water partition coefficient (Wildman–Crippen LogP) is 2.36. The minimum atomic E-state index is -0.0906. The van der Waals surface area contributed by atoms with Gasteiger partial charge in [0.25, 0.3) is 0 Å². The molecule has 160 valence electrons. The molecule has 4 rings (SSSR count). The van der Waals surface area contributed by atoms with Crippen LogP contribution in [-0.2, 0) is 9.59 Å². The van der Waals surface area contributed by atoms with Crippen molar-refractivity contribution in [2.75, 3.05) is 19.7 Å². The molecule has 2 aliphatic carbocycles. The SMILES string of the molecule is Cl.NC1C2CCCC1CC(C(=O)NC1CC(=O)N(CCOc3ccccc3)C1)C2. The van der Waals surface area contributed by atoms with Gasteiger partial charge in [-0.3, -0.25) is 9.59 Å². The number of hydrogen-bond donors (Lipinski definition) is 2. The molecule has 0 aromatic heterocycles. The lowest BCUT2D eigenvalue weighted by Gasteiger charge is -2.43. The normalized spacial score (nSPS) is 31.1. The van der Waals surface area contributed by atoms with Crippen LogP contribution in [0.3, 0.4) is 0 Å². The Kier molecular flexibility index (Phi) is 7.41. The number of nitrogens with one attached hydrogen (secondary N) is 1. The van der Waals surface area contributed by atoms with E-state index in [4.69, 9.17) is 10.5 Å². The molecule has 6 nitrogen and oxygen atoms in total. The van der Waals surface area contributed by atoms with Gasteiger partial charge in [0.1, 0.15) is 12.4 Å². The van der Waals surface area contributed by atoms with Crippen LogP contribution < -0.4 is 15.8 Å². The Hall–Kier alpha value is -1.79. The van der Waals surface area contributed by atoms with E-state index in [2.05, 4.69) is 5.32 Å². The standard InChI is InChI=1S/C22H31N3O3.ClH/c23-21-15-5-4-6-16(21)12-17(11-15)22(27)24-18-13-20(26)25(14-18)9-10-28-19-7-2-1-3-8-19;/h1-3,7-8,15-18,21H,4-6,9-14,23H2,(H,24,27);1H. The van der Waals surface area contributed by atoms with E-state index in [0.29, 0.717) is 38.0 Å². The molecule has 3 aliphatic rings. The van der Waals surface area contributed by atoms with Crippen LogP contribution >= 0.6 is 12.4 Å². The van der Waals surface area contributed by atoms with Crippen molar-refractivity contribution in [2.24, 2.45) is 23.5 Å². The molecule has 2 saturated carbocycles. The van der Waals surface area contributed by atoms with E-state index in [-0.39, 0.29) is 42.2 Å². The number of carbonyl (C=O) groups excluding carboxylic acids is 2. The van der Waals surface area contributed by atoms with E-state index in [1.807, 2.05) is 30.3 Å². The van der Waals surface area contributed by atoms with Crippen LogP contribution in [0.1, 0.15) is 38.5 Å². The summed E-state index contributed by atoms with van der Waals surface area (Å²) >= 11 is 0. The van der Waals surface area contributed by atoms with Crippen LogP contribution in [0.4, 0.5) is 0 Å². The summed E-state index contributed by atoms with van der Waals surface area (Å²) in [5, 5.41) is 3.14. The highest BCUT2D eigenvalue weighted by Crippen LogP contribution is 2.42. The largest absolute Gasteiger partial charge is 0.492 e. The fourth-order valence-corrected chi connectivity index (χ4v) is 5.20. The first-order chi connectivity index (χ1) is 13.6. The number of carbonyl (C=O) groups is 2. The second-order valence-electron chi connectivity index (χ2n) is 8.61. The fraction of sp³-hybridized carbons (Fsp3) is 0.636. The third-order valence-electron chi connectivity index (χ3n) is 6.72. The Morgan fingerprint density at radius 2 is 1.86 bits per heavy atom. The van der Waals surface area contributed by atoms with Crippen LogP contribution in [0.15, 0.2) is 30.3 Å². The summed E-state index contributed by atoms with van der Waals surface area (Å²) in [5.74, 6) is 2.04.